The summed E-state index contributed by atoms with van der Waals surface area (Å²) in [4.78, 5) is 24.5. The number of Topliss-reactive ketones (excluding diaryl/α,β-unsaturated/α-hetero) is 1. The molecular formula is C14H9BrN2O2S. The van der Waals surface area contributed by atoms with Gasteiger partial charge in [-0.15, -0.1) is 11.3 Å². The Labute approximate surface area is 128 Å². The van der Waals surface area contributed by atoms with Crippen molar-refractivity contribution in [1.82, 2.24) is 0 Å². The zero-order valence-corrected chi connectivity index (χ0v) is 12.6. The van der Waals surface area contributed by atoms with Gasteiger partial charge in [-0.1, -0.05) is 22.0 Å². The number of hydrogen-bond donors (Lipinski definition) is 1. The van der Waals surface area contributed by atoms with E-state index >= 15 is 0 Å². The van der Waals surface area contributed by atoms with Crippen LogP contribution in [0.1, 0.15) is 9.67 Å². The molecule has 1 N–H and O–H groups in total. The Kier molecular flexibility index (Phi) is 4.66. The first-order valence-corrected chi connectivity index (χ1v) is 7.33. The molecular weight excluding hydrogens is 340 g/mol. The molecule has 6 heteroatoms. The average molecular weight is 349 g/mol. The van der Waals surface area contributed by atoms with Crippen LogP contribution in [0.25, 0.3) is 0 Å². The number of thiophene rings is 1. The van der Waals surface area contributed by atoms with Crippen molar-refractivity contribution in [2.24, 2.45) is 5.92 Å². The van der Waals surface area contributed by atoms with Crippen molar-refractivity contribution in [3.63, 3.8) is 0 Å². The van der Waals surface area contributed by atoms with Gasteiger partial charge in [0.05, 0.1) is 10.9 Å². The van der Waals surface area contributed by atoms with Crippen molar-refractivity contribution in [2.75, 3.05) is 5.32 Å². The number of nitriles is 1. The van der Waals surface area contributed by atoms with Gasteiger partial charge in [0, 0.05) is 10.2 Å². The second kappa shape index (κ2) is 6.46. The molecule has 0 spiro atoms. The summed E-state index contributed by atoms with van der Waals surface area (Å²) >= 11 is 4.50. The summed E-state index contributed by atoms with van der Waals surface area (Å²) < 4.78 is 0.877. The molecule has 0 radical (unpaired) electrons. The second-order valence-electron chi connectivity index (χ2n) is 3.90. The van der Waals surface area contributed by atoms with Crippen LogP contribution in [0.3, 0.4) is 0 Å². The summed E-state index contributed by atoms with van der Waals surface area (Å²) in [6.07, 6.45) is 0. The van der Waals surface area contributed by atoms with Crippen LogP contribution < -0.4 is 5.32 Å². The number of nitrogens with one attached hydrogen (secondary N) is 1. The van der Waals surface area contributed by atoms with Gasteiger partial charge in [0.2, 0.25) is 5.91 Å². The Hall–Kier alpha value is -1.97. The number of amides is 1. The molecule has 1 atom stereocenters. The third-order valence-corrected chi connectivity index (χ3v) is 3.94. The van der Waals surface area contributed by atoms with Crippen LogP contribution in [0.5, 0.6) is 0 Å². The highest BCUT2D eigenvalue weighted by Crippen LogP contribution is 2.18. The van der Waals surface area contributed by atoms with Gasteiger partial charge in [0.15, 0.2) is 11.7 Å². The normalized spacial score (nSPS) is 11.4. The summed E-state index contributed by atoms with van der Waals surface area (Å²) in [6.45, 7) is 0. The zero-order chi connectivity index (χ0) is 14.5. The van der Waals surface area contributed by atoms with Gasteiger partial charge >= 0.3 is 0 Å². The first kappa shape index (κ1) is 14.4. The first-order chi connectivity index (χ1) is 9.61. The maximum absolute atomic E-state index is 12.0. The van der Waals surface area contributed by atoms with Gasteiger partial charge < -0.3 is 5.32 Å². The predicted molar refractivity (Wildman–Crippen MR) is 80.5 cm³/mol. The van der Waals surface area contributed by atoms with Gasteiger partial charge in [-0.2, -0.15) is 5.26 Å². The molecule has 1 amide bonds. The Bertz CT molecular complexity index is 659. The number of anilines is 1. The molecule has 1 unspecified atom stereocenters. The summed E-state index contributed by atoms with van der Waals surface area (Å²) in [5.41, 5.74) is 0.539. The molecule has 0 aliphatic rings. The van der Waals surface area contributed by atoms with Crippen LogP contribution in [0, 0.1) is 17.2 Å². The Morgan fingerprint density at radius 3 is 2.50 bits per heavy atom. The van der Waals surface area contributed by atoms with E-state index in [0.29, 0.717) is 10.6 Å². The minimum absolute atomic E-state index is 0.405. The first-order valence-electron chi connectivity index (χ1n) is 5.65. The van der Waals surface area contributed by atoms with Crippen LogP contribution in [-0.2, 0) is 4.79 Å². The molecule has 0 saturated carbocycles. The molecule has 100 valence electrons. The predicted octanol–water partition coefficient (Wildman–Crippen LogP) is 3.47. The molecule has 1 aromatic heterocycles. The van der Waals surface area contributed by atoms with Crippen LogP contribution in [0.15, 0.2) is 46.3 Å². The summed E-state index contributed by atoms with van der Waals surface area (Å²) in [5.74, 6) is -2.43. The molecule has 2 aromatic rings. The fourth-order valence-electron chi connectivity index (χ4n) is 1.54. The van der Waals surface area contributed by atoms with Crippen LogP contribution in [0.4, 0.5) is 5.69 Å². The highest BCUT2D eigenvalue weighted by Gasteiger charge is 2.28. The van der Waals surface area contributed by atoms with Crippen molar-refractivity contribution < 1.29 is 9.59 Å². The minimum atomic E-state index is -1.34. The van der Waals surface area contributed by atoms with Crippen molar-refractivity contribution >= 4 is 44.6 Å². The second-order valence-corrected chi connectivity index (χ2v) is 5.76. The van der Waals surface area contributed by atoms with E-state index in [1.165, 1.54) is 11.3 Å². The maximum atomic E-state index is 12.0. The maximum Gasteiger partial charge on any atom is 0.249 e. The van der Waals surface area contributed by atoms with E-state index in [2.05, 4.69) is 21.2 Å². The van der Waals surface area contributed by atoms with Crippen LogP contribution in [-0.4, -0.2) is 11.7 Å². The summed E-state index contributed by atoms with van der Waals surface area (Å²) in [5, 5.41) is 13.3. The molecule has 4 nitrogen and oxygen atoms in total. The SMILES string of the molecule is N#CC(C(=O)Nc1ccc(Br)cc1)C(=O)c1cccs1. The lowest BCUT2D eigenvalue weighted by atomic mass is 10.0. The van der Waals surface area contributed by atoms with Crippen molar-refractivity contribution in [3.05, 3.63) is 51.1 Å². The van der Waals surface area contributed by atoms with Crippen molar-refractivity contribution in [2.45, 2.75) is 0 Å². The van der Waals surface area contributed by atoms with Crippen molar-refractivity contribution in [3.8, 4) is 6.07 Å². The fourth-order valence-corrected chi connectivity index (χ4v) is 2.50. The molecule has 2 rings (SSSR count). The molecule has 1 aromatic carbocycles. The lowest BCUT2D eigenvalue weighted by molar-refractivity contribution is -0.117. The standard InChI is InChI=1S/C14H9BrN2O2S/c15-9-3-5-10(6-4-9)17-14(19)11(8-16)13(18)12-2-1-7-20-12/h1-7,11H,(H,17,19). The van der Waals surface area contributed by atoms with E-state index in [0.717, 1.165) is 4.47 Å². The number of carbonyl (C=O) groups is 2. The highest BCUT2D eigenvalue weighted by molar-refractivity contribution is 9.10. The number of hydrogen-bond acceptors (Lipinski definition) is 4. The van der Waals surface area contributed by atoms with E-state index in [1.54, 1.807) is 47.8 Å². The van der Waals surface area contributed by atoms with E-state index in [-0.39, 0.29) is 0 Å². The highest BCUT2D eigenvalue weighted by atomic mass is 79.9. The van der Waals surface area contributed by atoms with Gasteiger partial charge in [-0.25, -0.2) is 0 Å². The van der Waals surface area contributed by atoms with Gasteiger partial charge in [0.25, 0.3) is 0 Å². The number of ketones is 1. The van der Waals surface area contributed by atoms with E-state index in [9.17, 15) is 9.59 Å². The lowest BCUT2D eigenvalue weighted by Gasteiger charge is -2.08. The molecule has 20 heavy (non-hydrogen) atoms. The molecule has 0 aliphatic carbocycles. The van der Waals surface area contributed by atoms with E-state index in [1.807, 2.05) is 0 Å². The Morgan fingerprint density at radius 1 is 1.25 bits per heavy atom. The molecule has 0 bridgehead atoms. The largest absolute Gasteiger partial charge is 0.325 e. The lowest BCUT2D eigenvalue weighted by Crippen LogP contribution is -2.28. The number of rotatable bonds is 4. The average Bonchev–Trinajstić information content (AvgIpc) is 2.96. The third kappa shape index (κ3) is 3.32. The number of benzene rings is 1. The Balaban J connectivity index is 2.12. The number of nitrogens with zero attached hydrogens (tertiary/aromatic N) is 1. The molecule has 0 aliphatic heterocycles. The van der Waals surface area contributed by atoms with Crippen molar-refractivity contribution in [1.29, 1.82) is 5.26 Å². The molecule has 1 heterocycles. The van der Waals surface area contributed by atoms with Crippen LogP contribution >= 0.6 is 27.3 Å². The number of carbonyl (C=O) groups excluding carboxylic acids is 2. The summed E-state index contributed by atoms with van der Waals surface area (Å²) in [7, 11) is 0. The molecule has 0 fully saturated rings. The minimum Gasteiger partial charge on any atom is -0.325 e. The summed E-state index contributed by atoms with van der Waals surface area (Å²) in [6, 6.07) is 12.0. The topological polar surface area (TPSA) is 70.0 Å². The van der Waals surface area contributed by atoms with Gasteiger partial charge in [-0.05, 0) is 35.7 Å². The van der Waals surface area contributed by atoms with Gasteiger partial charge in [0.1, 0.15) is 0 Å². The fraction of sp³-hybridized carbons (Fsp3) is 0.0714. The smallest absolute Gasteiger partial charge is 0.249 e. The van der Waals surface area contributed by atoms with Crippen LogP contribution in [0.2, 0.25) is 0 Å². The molecule has 0 saturated heterocycles. The van der Waals surface area contributed by atoms with Gasteiger partial charge in [-0.3, -0.25) is 9.59 Å². The number of halogens is 1. The monoisotopic (exact) mass is 348 g/mol. The quantitative estimate of drug-likeness (QED) is 0.679. The van der Waals surface area contributed by atoms with E-state index in [4.69, 9.17) is 5.26 Å². The Morgan fingerprint density at radius 2 is 1.95 bits per heavy atom. The van der Waals surface area contributed by atoms with E-state index < -0.39 is 17.6 Å². The third-order valence-electron chi connectivity index (χ3n) is 2.53. The zero-order valence-electron chi connectivity index (χ0n) is 10.2.